The minimum absolute atomic E-state index is 1.05. The summed E-state index contributed by atoms with van der Waals surface area (Å²) in [6.07, 6.45) is 2.45. The molecular formula is C10H19N. The Labute approximate surface area is 70.4 Å². The Balaban J connectivity index is 3.73. The highest BCUT2D eigenvalue weighted by atomic mass is 15.1. The molecule has 0 aromatic carbocycles. The summed E-state index contributed by atoms with van der Waals surface area (Å²) in [7, 11) is 2.06. The van der Waals surface area contributed by atoms with Gasteiger partial charge >= 0.3 is 0 Å². The van der Waals surface area contributed by atoms with E-state index in [-0.39, 0.29) is 0 Å². The Hall–Kier alpha value is -0.720. The van der Waals surface area contributed by atoms with E-state index >= 15 is 0 Å². The molecule has 0 aliphatic carbocycles. The Bertz CT molecular complexity index is 147. The smallest absolute Gasteiger partial charge is 0.0314 e. The number of hydrogen-bond acceptors (Lipinski definition) is 1. The topological polar surface area (TPSA) is 3.24 Å². The largest absolute Gasteiger partial charge is 0.375 e. The zero-order chi connectivity index (χ0) is 8.85. The first-order valence-electron chi connectivity index (χ1n) is 4.15. The predicted molar refractivity (Wildman–Crippen MR) is 51.5 cm³/mol. The van der Waals surface area contributed by atoms with Crippen LogP contribution in [-0.4, -0.2) is 18.5 Å². The molecule has 0 aliphatic heterocycles. The zero-order valence-electron chi connectivity index (χ0n) is 7.98. The molecule has 0 atom stereocenters. The SMILES string of the molecule is C=C(C)C(=C)N(C)CCCC. The summed E-state index contributed by atoms with van der Waals surface area (Å²) in [5, 5.41) is 0. The highest BCUT2D eigenvalue weighted by molar-refractivity contribution is 5.20. The first kappa shape index (κ1) is 10.3. The van der Waals surface area contributed by atoms with E-state index in [4.69, 9.17) is 0 Å². The Morgan fingerprint density at radius 3 is 2.27 bits per heavy atom. The van der Waals surface area contributed by atoms with Crippen LogP contribution in [0, 0.1) is 0 Å². The summed E-state index contributed by atoms with van der Waals surface area (Å²) < 4.78 is 0. The second-order valence-corrected chi connectivity index (χ2v) is 3.00. The molecule has 0 fully saturated rings. The number of hydrogen-bond donors (Lipinski definition) is 0. The summed E-state index contributed by atoms with van der Waals surface area (Å²) >= 11 is 0. The van der Waals surface area contributed by atoms with Gasteiger partial charge in [0.15, 0.2) is 0 Å². The summed E-state index contributed by atoms with van der Waals surface area (Å²) in [5.74, 6) is 0. The van der Waals surface area contributed by atoms with Gasteiger partial charge in [-0.2, -0.15) is 0 Å². The molecule has 0 aromatic heterocycles. The van der Waals surface area contributed by atoms with E-state index < -0.39 is 0 Å². The quantitative estimate of drug-likeness (QED) is 0.549. The molecule has 0 heterocycles. The van der Waals surface area contributed by atoms with Gasteiger partial charge < -0.3 is 4.90 Å². The number of allylic oxidation sites excluding steroid dienone is 1. The monoisotopic (exact) mass is 153 g/mol. The van der Waals surface area contributed by atoms with Gasteiger partial charge in [0.1, 0.15) is 0 Å². The van der Waals surface area contributed by atoms with E-state index in [1.807, 2.05) is 6.92 Å². The highest BCUT2D eigenvalue weighted by Crippen LogP contribution is 2.08. The third-order valence-electron chi connectivity index (χ3n) is 1.80. The maximum absolute atomic E-state index is 3.93. The van der Waals surface area contributed by atoms with Crippen LogP contribution in [0.3, 0.4) is 0 Å². The van der Waals surface area contributed by atoms with Gasteiger partial charge in [0.25, 0.3) is 0 Å². The van der Waals surface area contributed by atoms with Crippen LogP contribution in [0.15, 0.2) is 24.4 Å². The van der Waals surface area contributed by atoms with Crippen molar-refractivity contribution in [1.29, 1.82) is 0 Å². The number of unbranched alkanes of at least 4 members (excludes halogenated alkanes) is 1. The Morgan fingerprint density at radius 1 is 1.36 bits per heavy atom. The Kier molecular flexibility index (Phi) is 4.67. The lowest BCUT2D eigenvalue weighted by Crippen LogP contribution is -2.18. The van der Waals surface area contributed by atoms with Gasteiger partial charge in [-0.1, -0.05) is 26.5 Å². The number of likely N-dealkylation sites (N-methyl/N-ethyl adjacent to an activating group) is 1. The third-order valence-corrected chi connectivity index (χ3v) is 1.80. The fourth-order valence-corrected chi connectivity index (χ4v) is 0.856. The van der Waals surface area contributed by atoms with Gasteiger partial charge in [-0.15, -0.1) is 0 Å². The molecule has 0 rings (SSSR count). The summed E-state index contributed by atoms with van der Waals surface area (Å²) in [6.45, 7) is 13.0. The Morgan fingerprint density at radius 2 is 1.91 bits per heavy atom. The maximum Gasteiger partial charge on any atom is 0.0314 e. The van der Waals surface area contributed by atoms with Gasteiger partial charge in [-0.3, -0.25) is 0 Å². The molecule has 0 aliphatic rings. The van der Waals surface area contributed by atoms with Crippen LogP contribution in [-0.2, 0) is 0 Å². The first-order valence-corrected chi connectivity index (χ1v) is 4.15. The van der Waals surface area contributed by atoms with Gasteiger partial charge in [0, 0.05) is 19.3 Å². The van der Waals surface area contributed by atoms with E-state index in [2.05, 4.69) is 32.0 Å². The molecule has 11 heavy (non-hydrogen) atoms. The van der Waals surface area contributed by atoms with Crippen molar-refractivity contribution in [1.82, 2.24) is 4.90 Å². The van der Waals surface area contributed by atoms with Crippen LogP contribution in [0.1, 0.15) is 26.7 Å². The lowest BCUT2D eigenvalue weighted by Gasteiger charge is -2.21. The molecule has 0 radical (unpaired) electrons. The minimum atomic E-state index is 1.05. The van der Waals surface area contributed by atoms with Crippen molar-refractivity contribution in [2.45, 2.75) is 26.7 Å². The van der Waals surface area contributed by atoms with Crippen molar-refractivity contribution >= 4 is 0 Å². The van der Waals surface area contributed by atoms with E-state index in [1.54, 1.807) is 0 Å². The number of nitrogens with zero attached hydrogens (tertiary/aromatic N) is 1. The summed E-state index contributed by atoms with van der Waals surface area (Å²) in [4.78, 5) is 2.16. The molecule has 0 amide bonds. The minimum Gasteiger partial charge on any atom is -0.375 e. The molecule has 0 spiro atoms. The molecule has 1 nitrogen and oxygen atoms in total. The van der Waals surface area contributed by atoms with Crippen molar-refractivity contribution in [3.05, 3.63) is 24.4 Å². The molecular weight excluding hydrogens is 134 g/mol. The van der Waals surface area contributed by atoms with Crippen LogP contribution in [0.2, 0.25) is 0 Å². The van der Waals surface area contributed by atoms with Gasteiger partial charge in [-0.25, -0.2) is 0 Å². The van der Waals surface area contributed by atoms with Gasteiger partial charge in [0.05, 0.1) is 0 Å². The third kappa shape index (κ3) is 3.87. The van der Waals surface area contributed by atoms with Gasteiger partial charge in [-0.05, 0) is 18.9 Å². The van der Waals surface area contributed by atoms with Gasteiger partial charge in [0.2, 0.25) is 0 Å². The second kappa shape index (κ2) is 5.00. The van der Waals surface area contributed by atoms with Crippen LogP contribution >= 0.6 is 0 Å². The maximum atomic E-state index is 3.93. The van der Waals surface area contributed by atoms with Crippen LogP contribution in [0.25, 0.3) is 0 Å². The normalized spacial score (nSPS) is 9.36. The standard InChI is InChI=1S/C10H19N/c1-6-7-8-11(5)10(4)9(2)3/h2,4,6-8H2,1,3,5H3. The molecule has 1 heteroatoms. The van der Waals surface area contributed by atoms with Crippen LogP contribution in [0.4, 0.5) is 0 Å². The second-order valence-electron chi connectivity index (χ2n) is 3.00. The fraction of sp³-hybridized carbons (Fsp3) is 0.600. The zero-order valence-corrected chi connectivity index (χ0v) is 7.98. The first-order chi connectivity index (χ1) is 5.09. The molecule has 0 saturated heterocycles. The average molecular weight is 153 g/mol. The lowest BCUT2D eigenvalue weighted by molar-refractivity contribution is 0.415. The van der Waals surface area contributed by atoms with Crippen molar-refractivity contribution < 1.29 is 0 Å². The van der Waals surface area contributed by atoms with Crippen molar-refractivity contribution in [2.75, 3.05) is 13.6 Å². The van der Waals surface area contributed by atoms with Crippen LogP contribution < -0.4 is 0 Å². The summed E-state index contributed by atoms with van der Waals surface area (Å²) in [6, 6.07) is 0. The van der Waals surface area contributed by atoms with E-state index in [9.17, 15) is 0 Å². The van der Waals surface area contributed by atoms with Crippen molar-refractivity contribution in [2.24, 2.45) is 0 Å². The molecule has 0 bridgehead atoms. The van der Waals surface area contributed by atoms with Crippen molar-refractivity contribution in [3.8, 4) is 0 Å². The highest BCUT2D eigenvalue weighted by Gasteiger charge is 2.00. The fourth-order valence-electron chi connectivity index (χ4n) is 0.856. The van der Waals surface area contributed by atoms with Crippen LogP contribution in [0.5, 0.6) is 0 Å². The molecule has 0 aromatic rings. The molecule has 0 saturated carbocycles. The lowest BCUT2D eigenvalue weighted by atomic mass is 10.2. The van der Waals surface area contributed by atoms with E-state index in [0.29, 0.717) is 0 Å². The molecule has 64 valence electrons. The summed E-state index contributed by atoms with van der Waals surface area (Å²) in [5.41, 5.74) is 2.11. The molecule has 0 unspecified atom stereocenters. The van der Waals surface area contributed by atoms with E-state index in [1.165, 1.54) is 12.8 Å². The van der Waals surface area contributed by atoms with Crippen molar-refractivity contribution in [3.63, 3.8) is 0 Å². The predicted octanol–water partition coefficient (Wildman–Crippen LogP) is 2.81. The van der Waals surface area contributed by atoms with E-state index in [0.717, 1.165) is 17.8 Å². The average Bonchev–Trinajstić information content (AvgIpc) is 1.98. The molecule has 0 N–H and O–H groups in total. The number of rotatable bonds is 5.